The molecule has 0 saturated carbocycles. The highest BCUT2D eigenvalue weighted by Crippen LogP contribution is 2.32. The molecule has 3 aromatic rings. The molecular weight excluding hydrogens is 430 g/mol. The summed E-state index contributed by atoms with van der Waals surface area (Å²) in [6.45, 7) is 3.90. The van der Waals surface area contributed by atoms with Gasteiger partial charge in [0.1, 0.15) is 19.0 Å². The van der Waals surface area contributed by atoms with Crippen LogP contribution in [0.25, 0.3) is 0 Å². The number of anilines is 1. The monoisotopic (exact) mass is 449 g/mol. The Morgan fingerprint density at radius 3 is 2.47 bits per heavy atom. The van der Waals surface area contributed by atoms with Crippen molar-refractivity contribution in [1.82, 2.24) is 0 Å². The van der Waals surface area contributed by atoms with E-state index in [1.807, 2.05) is 26.0 Å². The van der Waals surface area contributed by atoms with Crippen LogP contribution in [-0.2, 0) is 4.74 Å². The first kappa shape index (κ1) is 21.6. The van der Waals surface area contributed by atoms with Crippen LogP contribution in [0.15, 0.2) is 60.7 Å². The average molecular weight is 450 g/mol. The van der Waals surface area contributed by atoms with E-state index in [2.05, 4.69) is 0 Å². The fraction of sp³-hybridized carbons (Fsp3) is 0.160. The van der Waals surface area contributed by atoms with Crippen LogP contribution in [0.5, 0.6) is 5.75 Å². The van der Waals surface area contributed by atoms with E-state index >= 15 is 0 Å². The Labute approximate surface area is 190 Å². The highest BCUT2D eigenvalue weighted by Gasteiger charge is 2.38. The molecule has 0 bridgehead atoms. The normalized spacial score (nSPS) is 12.7. The van der Waals surface area contributed by atoms with Gasteiger partial charge in [0, 0.05) is 5.02 Å². The fourth-order valence-electron chi connectivity index (χ4n) is 3.48. The van der Waals surface area contributed by atoms with Gasteiger partial charge < -0.3 is 9.47 Å². The molecule has 1 aliphatic rings. The van der Waals surface area contributed by atoms with Crippen LogP contribution in [0.3, 0.4) is 0 Å². The Bertz CT molecular complexity index is 1240. The van der Waals surface area contributed by atoms with Crippen molar-refractivity contribution < 1.29 is 23.9 Å². The van der Waals surface area contributed by atoms with E-state index in [9.17, 15) is 14.4 Å². The van der Waals surface area contributed by atoms with E-state index in [1.165, 1.54) is 18.2 Å². The van der Waals surface area contributed by atoms with Crippen LogP contribution in [0.4, 0.5) is 5.69 Å². The number of fused-ring (bicyclic) bond motifs is 1. The second kappa shape index (κ2) is 8.85. The number of rotatable bonds is 6. The van der Waals surface area contributed by atoms with Crippen molar-refractivity contribution in [1.29, 1.82) is 0 Å². The molecular formula is C25H20ClNO5. The van der Waals surface area contributed by atoms with E-state index in [1.54, 1.807) is 30.3 Å². The molecule has 4 rings (SSSR count). The number of amides is 2. The van der Waals surface area contributed by atoms with E-state index in [-0.39, 0.29) is 29.9 Å². The van der Waals surface area contributed by atoms with Gasteiger partial charge in [-0.2, -0.15) is 0 Å². The molecule has 0 atom stereocenters. The first-order chi connectivity index (χ1) is 15.3. The number of hydrogen-bond acceptors (Lipinski definition) is 5. The van der Waals surface area contributed by atoms with Gasteiger partial charge in [-0.25, -0.2) is 9.69 Å². The van der Waals surface area contributed by atoms with Gasteiger partial charge in [-0.15, -0.1) is 0 Å². The Balaban J connectivity index is 1.45. The number of hydrogen-bond donors (Lipinski definition) is 0. The molecule has 0 radical (unpaired) electrons. The highest BCUT2D eigenvalue weighted by molar-refractivity contribution is 6.35. The van der Waals surface area contributed by atoms with Crippen LogP contribution in [0.1, 0.15) is 42.2 Å². The lowest BCUT2D eigenvalue weighted by atomic mass is 10.1. The highest BCUT2D eigenvalue weighted by atomic mass is 35.5. The molecule has 1 heterocycles. The molecule has 0 aromatic heterocycles. The molecule has 0 fully saturated rings. The molecule has 7 heteroatoms. The van der Waals surface area contributed by atoms with E-state index in [4.69, 9.17) is 21.1 Å². The first-order valence-corrected chi connectivity index (χ1v) is 10.4. The second-order valence-electron chi connectivity index (χ2n) is 7.44. The summed E-state index contributed by atoms with van der Waals surface area (Å²) >= 11 is 5.90. The SMILES string of the molecule is Cc1ccc(C)c(N2C(=O)c3ccc(C(=O)OCCOc4cccc(Cl)c4)cc3C2=O)c1. The number of aryl methyl sites for hydroxylation is 2. The van der Waals surface area contributed by atoms with Crippen LogP contribution < -0.4 is 9.64 Å². The van der Waals surface area contributed by atoms with Gasteiger partial charge in [-0.1, -0.05) is 29.8 Å². The molecule has 162 valence electrons. The zero-order chi connectivity index (χ0) is 22.8. The predicted molar refractivity (Wildman–Crippen MR) is 121 cm³/mol. The number of halogens is 1. The Kier molecular flexibility index (Phi) is 5.97. The van der Waals surface area contributed by atoms with Crippen LogP contribution in [-0.4, -0.2) is 31.0 Å². The van der Waals surface area contributed by atoms with Gasteiger partial charge in [0.05, 0.1) is 22.4 Å². The summed E-state index contributed by atoms with van der Waals surface area (Å²) in [7, 11) is 0. The minimum atomic E-state index is -0.604. The lowest BCUT2D eigenvalue weighted by Crippen LogP contribution is -2.30. The summed E-state index contributed by atoms with van der Waals surface area (Å²) in [6.07, 6.45) is 0. The van der Waals surface area contributed by atoms with Crippen LogP contribution in [0, 0.1) is 13.8 Å². The van der Waals surface area contributed by atoms with E-state index < -0.39 is 17.8 Å². The number of benzene rings is 3. The summed E-state index contributed by atoms with van der Waals surface area (Å²) < 4.78 is 10.7. The zero-order valence-corrected chi connectivity index (χ0v) is 18.3. The largest absolute Gasteiger partial charge is 0.490 e. The number of carbonyl (C=O) groups excluding carboxylic acids is 3. The van der Waals surface area contributed by atoms with Crippen molar-refractivity contribution in [3.05, 3.63) is 93.5 Å². The molecule has 1 aliphatic heterocycles. The van der Waals surface area contributed by atoms with Crippen molar-refractivity contribution in [3.63, 3.8) is 0 Å². The number of carbonyl (C=O) groups is 3. The number of imide groups is 1. The molecule has 32 heavy (non-hydrogen) atoms. The number of esters is 1. The van der Waals surface area contributed by atoms with Gasteiger partial charge in [-0.3, -0.25) is 9.59 Å². The third-order valence-corrected chi connectivity index (χ3v) is 5.34. The lowest BCUT2D eigenvalue weighted by molar-refractivity contribution is 0.0450. The second-order valence-corrected chi connectivity index (χ2v) is 7.87. The maximum atomic E-state index is 13.0. The third kappa shape index (κ3) is 4.22. The molecule has 0 aliphatic carbocycles. The van der Waals surface area contributed by atoms with Crippen LogP contribution in [0.2, 0.25) is 5.02 Å². The summed E-state index contributed by atoms with van der Waals surface area (Å²) in [6, 6.07) is 16.9. The Morgan fingerprint density at radius 1 is 0.906 bits per heavy atom. The van der Waals surface area contributed by atoms with Gasteiger partial charge in [0.2, 0.25) is 0 Å². The predicted octanol–water partition coefficient (Wildman–Crippen LogP) is 4.99. The molecule has 0 spiro atoms. The lowest BCUT2D eigenvalue weighted by Gasteiger charge is -2.17. The van der Waals surface area contributed by atoms with Gasteiger partial charge in [0.25, 0.3) is 11.8 Å². The Hall–Kier alpha value is -3.64. The molecule has 2 amide bonds. The third-order valence-electron chi connectivity index (χ3n) is 5.11. The Morgan fingerprint density at radius 2 is 1.69 bits per heavy atom. The van der Waals surface area contributed by atoms with Crippen molar-refractivity contribution in [2.24, 2.45) is 0 Å². The standard InChI is InChI=1S/C25H20ClNO5/c1-15-6-7-16(2)22(12-15)27-23(28)20-9-8-17(13-21(20)24(27)29)25(30)32-11-10-31-19-5-3-4-18(26)14-19/h3-9,12-14H,10-11H2,1-2H3. The van der Waals surface area contributed by atoms with Gasteiger partial charge >= 0.3 is 5.97 Å². The maximum absolute atomic E-state index is 13.0. The molecule has 3 aromatic carbocycles. The molecule has 6 nitrogen and oxygen atoms in total. The maximum Gasteiger partial charge on any atom is 0.338 e. The minimum absolute atomic E-state index is 0.0178. The molecule has 0 saturated heterocycles. The summed E-state index contributed by atoms with van der Waals surface area (Å²) in [4.78, 5) is 39.5. The quantitative estimate of drug-likeness (QED) is 0.301. The van der Waals surface area contributed by atoms with E-state index in [0.717, 1.165) is 16.0 Å². The smallest absolute Gasteiger partial charge is 0.338 e. The van der Waals surface area contributed by atoms with Crippen molar-refractivity contribution in [2.45, 2.75) is 13.8 Å². The van der Waals surface area contributed by atoms with E-state index in [0.29, 0.717) is 16.5 Å². The molecule has 0 N–H and O–H groups in total. The average Bonchev–Trinajstić information content (AvgIpc) is 3.02. The zero-order valence-electron chi connectivity index (χ0n) is 17.6. The van der Waals surface area contributed by atoms with Crippen molar-refractivity contribution in [3.8, 4) is 5.75 Å². The summed E-state index contributed by atoms with van der Waals surface area (Å²) in [5.74, 6) is -0.902. The fourth-order valence-corrected chi connectivity index (χ4v) is 3.66. The topological polar surface area (TPSA) is 72.9 Å². The van der Waals surface area contributed by atoms with Gasteiger partial charge in [0.15, 0.2) is 0 Å². The summed E-state index contributed by atoms with van der Waals surface area (Å²) in [5, 5.41) is 0.548. The van der Waals surface area contributed by atoms with Crippen molar-refractivity contribution >= 4 is 35.1 Å². The summed E-state index contributed by atoms with van der Waals surface area (Å²) in [5.41, 5.74) is 2.92. The first-order valence-electron chi connectivity index (χ1n) is 10.0. The van der Waals surface area contributed by atoms with Gasteiger partial charge in [-0.05, 0) is 67.4 Å². The van der Waals surface area contributed by atoms with Crippen molar-refractivity contribution in [2.75, 3.05) is 18.1 Å². The minimum Gasteiger partial charge on any atom is -0.490 e. The molecule has 0 unspecified atom stereocenters. The number of nitrogens with zero attached hydrogens (tertiary/aromatic N) is 1. The number of ether oxygens (including phenoxy) is 2. The van der Waals surface area contributed by atoms with Crippen LogP contribution >= 0.6 is 11.6 Å².